The molecule has 0 N–H and O–H groups in total. The Morgan fingerprint density at radius 1 is 1.16 bits per heavy atom. The Hall–Kier alpha value is -1.28. The molecular formula is C17H23NO. The maximum absolute atomic E-state index is 5.88. The molecule has 1 aliphatic rings. The van der Waals surface area contributed by atoms with Gasteiger partial charge in [-0.25, -0.2) is 0 Å². The molecular weight excluding hydrogens is 234 g/mol. The standard InChI is InChI=1S/C17H23NO/c1-12(2)17-11-15-10-14(4-5-16(15)19-17)13-6-8-18(3)9-7-13/h4-5,10-13H,6-9H2,1-3H3. The Balaban J connectivity index is 1.88. The predicted molar refractivity (Wildman–Crippen MR) is 79.8 cm³/mol. The highest BCUT2D eigenvalue weighted by Gasteiger charge is 2.19. The fourth-order valence-corrected chi connectivity index (χ4v) is 2.96. The summed E-state index contributed by atoms with van der Waals surface area (Å²) in [5.74, 6) is 2.27. The van der Waals surface area contributed by atoms with E-state index in [2.05, 4.69) is 50.1 Å². The van der Waals surface area contributed by atoms with Crippen LogP contribution in [0, 0.1) is 0 Å². The first-order valence-electron chi connectivity index (χ1n) is 7.35. The molecule has 2 aromatic rings. The second-order valence-corrected chi connectivity index (χ2v) is 6.18. The number of nitrogens with zero attached hydrogens (tertiary/aromatic N) is 1. The van der Waals surface area contributed by atoms with Crippen LogP contribution in [-0.2, 0) is 0 Å². The molecule has 2 heteroatoms. The fourth-order valence-electron chi connectivity index (χ4n) is 2.96. The van der Waals surface area contributed by atoms with Gasteiger partial charge in [0.2, 0.25) is 0 Å². The Kier molecular flexibility index (Phi) is 3.36. The van der Waals surface area contributed by atoms with E-state index < -0.39 is 0 Å². The van der Waals surface area contributed by atoms with Crippen LogP contribution in [0.3, 0.4) is 0 Å². The molecule has 0 bridgehead atoms. The molecule has 0 spiro atoms. The lowest BCUT2D eigenvalue weighted by Gasteiger charge is -2.29. The van der Waals surface area contributed by atoms with E-state index in [4.69, 9.17) is 4.42 Å². The molecule has 1 aromatic heterocycles. The van der Waals surface area contributed by atoms with E-state index in [0.29, 0.717) is 5.92 Å². The van der Waals surface area contributed by atoms with Gasteiger partial charge < -0.3 is 9.32 Å². The summed E-state index contributed by atoms with van der Waals surface area (Å²) in [6.45, 7) is 6.78. The molecule has 0 amide bonds. The lowest BCUT2D eigenvalue weighted by Crippen LogP contribution is -2.29. The molecule has 19 heavy (non-hydrogen) atoms. The zero-order chi connectivity index (χ0) is 13.4. The third-order valence-electron chi connectivity index (χ3n) is 4.32. The van der Waals surface area contributed by atoms with Gasteiger partial charge in [-0.2, -0.15) is 0 Å². The van der Waals surface area contributed by atoms with Crippen LogP contribution in [-0.4, -0.2) is 25.0 Å². The zero-order valence-electron chi connectivity index (χ0n) is 12.1. The van der Waals surface area contributed by atoms with Crippen molar-refractivity contribution >= 4 is 11.0 Å². The van der Waals surface area contributed by atoms with Gasteiger partial charge in [0.1, 0.15) is 11.3 Å². The van der Waals surface area contributed by atoms with Gasteiger partial charge in [0, 0.05) is 11.3 Å². The number of fused-ring (bicyclic) bond motifs is 1. The van der Waals surface area contributed by atoms with Gasteiger partial charge in [0.05, 0.1) is 0 Å². The monoisotopic (exact) mass is 257 g/mol. The van der Waals surface area contributed by atoms with Crippen molar-refractivity contribution in [3.63, 3.8) is 0 Å². The molecule has 1 fully saturated rings. The number of hydrogen-bond acceptors (Lipinski definition) is 2. The Labute approximate surface area is 115 Å². The van der Waals surface area contributed by atoms with Gasteiger partial charge in [-0.05, 0) is 62.7 Å². The van der Waals surface area contributed by atoms with Gasteiger partial charge >= 0.3 is 0 Å². The van der Waals surface area contributed by atoms with Crippen LogP contribution in [0.25, 0.3) is 11.0 Å². The van der Waals surface area contributed by atoms with Crippen molar-refractivity contribution in [3.8, 4) is 0 Å². The van der Waals surface area contributed by atoms with Crippen molar-refractivity contribution in [3.05, 3.63) is 35.6 Å². The van der Waals surface area contributed by atoms with Gasteiger partial charge in [0.25, 0.3) is 0 Å². The van der Waals surface area contributed by atoms with Gasteiger partial charge in [0.15, 0.2) is 0 Å². The van der Waals surface area contributed by atoms with Crippen LogP contribution >= 0.6 is 0 Å². The molecule has 0 saturated carbocycles. The van der Waals surface area contributed by atoms with Crippen molar-refractivity contribution in [2.75, 3.05) is 20.1 Å². The second kappa shape index (κ2) is 5.01. The average molecular weight is 257 g/mol. The van der Waals surface area contributed by atoms with E-state index in [1.807, 2.05) is 0 Å². The molecule has 1 saturated heterocycles. The smallest absolute Gasteiger partial charge is 0.134 e. The first-order valence-corrected chi connectivity index (χ1v) is 7.35. The highest BCUT2D eigenvalue weighted by Crippen LogP contribution is 2.32. The molecule has 0 aliphatic carbocycles. The molecule has 2 heterocycles. The van der Waals surface area contributed by atoms with E-state index in [1.165, 1.54) is 36.9 Å². The topological polar surface area (TPSA) is 16.4 Å². The second-order valence-electron chi connectivity index (χ2n) is 6.18. The van der Waals surface area contributed by atoms with E-state index >= 15 is 0 Å². The normalized spacial score (nSPS) is 18.5. The van der Waals surface area contributed by atoms with Gasteiger partial charge in [-0.1, -0.05) is 19.9 Å². The summed E-state index contributed by atoms with van der Waals surface area (Å²) in [5, 5.41) is 1.26. The highest BCUT2D eigenvalue weighted by molar-refractivity contribution is 5.79. The van der Waals surface area contributed by atoms with E-state index in [1.54, 1.807) is 0 Å². The summed E-state index contributed by atoms with van der Waals surface area (Å²) in [5.41, 5.74) is 2.51. The molecule has 0 radical (unpaired) electrons. The van der Waals surface area contributed by atoms with Crippen molar-refractivity contribution in [1.29, 1.82) is 0 Å². The summed E-state index contributed by atoms with van der Waals surface area (Å²) < 4.78 is 5.88. The molecule has 102 valence electrons. The van der Waals surface area contributed by atoms with Gasteiger partial charge in [-0.3, -0.25) is 0 Å². The highest BCUT2D eigenvalue weighted by atomic mass is 16.3. The molecule has 2 nitrogen and oxygen atoms in total. The summed E-state index contributed by atoms with van der Waals surface area (Å²) in [6.07, 6.45) is 2.55. The average Bonchev–Trinajstić information content (AvgIpc) is 2.82. The van der Waals surface area contributed by atoms with Crippen LogP contribution in [0.5, 0.6) is 0 Å². The number of hydrogen-bond donors (Lipinski definition) is 0. The lowest BCUT2D eigenvalue weighted by atomic mass is 9.89. The molecule has 3 rings (SSSR count). The lowest BCUT2D eigenvalue weighted by molar-refractivity contribution is 0.255. The Bertz CT molecular complexity index is 562. The molecule has 1 aromatic carbocycles. The van der Waals surface area contributed by atoms with Crippen LogP contribution in [0.15, 0.2) is 28.7 Å². The maximum atomic E-state index is 5.88. The maximum Gasteiger partial charge on any atom is 0.134 e. The summed E-state index contributed by atoms with van der Waals surface area (Å²) >= 11 is 0. The van der Waals surface area contributed by atoms with Crippen molar-refractivity contribution < 1.29 is 4.42 Å². The van der Waals surface area contributed by atoms with E-state index in [-0.39, 0.29) is 0 Å². The first kappa shape index (κ1) is 12.7. The number of furan rings is 1. The minimum absolute atomic E-state index is 0.458. The molecule has 0 unspecified atom stereocenters. The minimum atomic E-state index is 0.458. The number of rotatable bonds is 2. The largest absolute Gasteiger partial charge is 0.461 e. The minimum Gasteiger partial charge on any atom is -0.461 e. The third kappa shape index (κ3) is 2.55. The van der Waals surface area contributed by atoms with E-state index in [0.717, 1.165) is 17.3 Å². The van der Waals surface area contributed by atoms with Crippen molar-refractivity contribution in [1.82, 2.24) is 4.90 Å². The number of benzene rings is 1. The first-order chi connectivity index (χ1) is 9.13. The van der Waals surface area contributed by atoms with Gasteiger partial charge in [-0.15, -0.1) is 0 Å². The number of likely N-dealkylation sites (tertiary alicyclic amines) is 1. The zero-order valence-corrected chi connectivity index (χ0v) is 12.1. The summed E-state index contributed by atoms with van der Waals surface area (Å²) in [4.78, 5) is 2.42. The van der Waals surface area contributed by atoms with Crippen molar-refractivity contribution in [2.24, 2.45) is 0 Å². The quantitative estimate of drug-likeness (QED) is 0.794. The predicted octanol–water partition coefficient (Wildman–Crippen LogP) is 4.37. The Morgan fingerprint density at radius 3 is 2.58 bits per heavy atom. The molecule has 1 aliphatic heterocycles. The SMILES string of the molecule is CC(C)c1cc2cc(C3CCN(C)CC3)ccc2o1. The number of piperidine rings is 1. The fraction of sp³-hybridized carbons (Fsp3) is 0.529. The van der Waals surface area contributed by atoms with Crippen LogP contribution < -0.4 is 0 Å². The third-order valence-corrected chi connectivity index (χ3v) is 4.32. The van der Waals surface area contributed by atoms with Crippen LogP contribution in [0.2, 0.25) is 0 Å². The summed E-state index contributed by atoms with van der Waals surface area (Å²) in [7, 11) is 2.21. The van der Waals surface area contributed by atoms with E-state index in [9.17, 15) is 0 Å². The Morgan fingerprint density at radius 2 is 1.89 bits per heavy atom. The van der Waals surface area contributed by atoms with Crippen LogP contribution in [0.4, 0.5) is 0 Å². The molecule has 0 atom stereocenters. The summed E-state index contributed by atoms with van der Waals surface area (Å²) in [6, 6.07) is 8.94. The van der Waals surface area contributed by atoms with Crippen LogP contribution in [0.1, 0.15) is 49.8 Å². The van der Waals surface area contributed by atoms with Crippen molar-refractivity contribution in [2.45, 2.75) is 38.5 Å².